The minimum absolute atomic E-state index is 0.349. The van der Waals surface area contributed by atoms with E-state index in [1.165, 1.54) is 16.5 Å². The van der Waals surface area contributed by atoms with Gasteiger partial charge in [0.1, 0.15) is 16.8 Å². The van der Waals surface area contributed by atoms with Crippen LogP contribution in [-0.2, 0) is 0 Å². The highest BCUT2D eigenvalue weighted by Gasteiger charge is 2.36. The summed E-state index contributed by atoms with van der Waals surface area (Å²) in [5.74, 6) is 0.763. The highest BCUT2D eigenvalue weighted by molar-refractivity contribution is 7.54. The number of nitrogens with one attached hydrogen (secondary N) is 1. The third-order valence-corrected chi connectivity index (χ3v) is 6.40. The van der Waals surface area contributed by atoms with Gasteiger partial charge in [-0.3, -0.25) is 9.88 Å². The molecule has 31 heavy (non-hydrogen) atoms. The SMILES string of the molecule is Cc1cccc(Oc2ccnc(C)c2N2C(=O)Nc3c[s+](C(=O)[O-])c4nccc2c34)n1. The number of hydrogen-bond donors (Lipinski definition) is 1. The topological polar surface area (TPSA) is 120 Å². The number of rotatable bonds is 4. The zero-order valence-corrected chi connectivity index (χ0v) is 17.3. The molecule has 0 radical (unpaired) electrons. The van der Waals surface area contributed by atoms with E-state index in [2.05, 4.69) is 20.3 Å². The van der Waals surface area contributed by atoms with Gasteiger partial charge in [0.05, 0.1) is 21.9 Å². The number of aromatic nitrogens is 3. The minimum Gasteiger partial charge on any atom is -0.500 e. The average molecular weight is 433 g/mol. The Balaban J connectivity index is 1.70. The smallest absolute Gasteiger partial charge is 0.331 e. The van der Waals surface area contributed by atoms with E-state index in [4.69, 9.17) is 4.74 Å². The zero-order chi connectivity index (χ0) is 21.7. The largest absolute Gasteiger partial charge is 0.500 e. The second-order valence-corrected chi connectivity index (χ2v) is 8.49. The van der Waals surface area contributed by atoms with Gasteiger partial charge in [-0.25, -0.2) is 14.8 Å². The van der Waals surface area contributed by atoms with E-state index in [-0.39, 0.29) is 0 Å². The highest BCUT2D eigenvalue weighted by Crippen LogP contribution is 2.48. The first-order chi connectivity index (χ1) is 14.9. The van der Waals surface area contributed by atoms with Crippen LogP contribution in [0.2, 0.25) is 0 Å². The molecule has 154 valence electrons. The summed E-state index contributed by atoms with van der Waals surface area (Å²) in [6.45, 7) is 3.62. The van der Waals surface area contributed by atoms with Gasteiger partial charge in [0.2, 0.25) is 5.88 Å². The van der Waals surface area contributed by atoms with E-state index in [0.717, 1.165) is 5.69 Å². The number of thiophene rings is 1. The van der Waals surface area contributed by atoms with Gasteiger partial charge in [-0.15, -0.1) is 0 Å². The second kappa shape index (κ2) is 7.03. The molecule has 1 unspecified atom stereocenters. The first-order valence-corrected chi connectivity index (χ1v) is 10.6. The van der Waals surface area contributed by atoms with Crippen LogP contribution in [0.1, 0.15) is 11.4 Å². The number of carbonyl (C=O) groups is 2. The standard InChI is InChI=1S/C21H15N5O4S/c1-11-4-3-5-16(24-11)30-15-7-9-22-12(2)18(15)26-14-6-8-23-19-17(14)13(25-20(26)27)10-31(19)21(28)29/h3-10H,1-2H3,(H-,25,27,28,29). The van der Waals surface area contributed by atoms with Crippen molar-refractivity contribution >= 4 is 49.1 Å². The number of carbonyl (C=O) groups excluding carboxylic acids is 2. The normalized spacial score (nSPS) is 13.3. The van der Waals surface area contributed by atoms with Crippen LogP contribution in [0.5, 0.6) is 11.6 Å². The number of urea groups is 1. The van der Waals surface area contributed by atoms with Gasteiger partial charge in [-0.1, -0.05) is 6.07 Å². The predicted molar refractivity (Wildman–Crippen MR) is 114 cm³/mol. The lowest BCUT2D eigenvalue weighted by Crippen LogP contribution is -2.34. The van der Waals surface area contributed by atoms with Gasteiger partial charge in [-0.2, -0.15) is 0 Å². The van der Waals surface area contributed by atoms with Crippen molar-refractivity contribution < 1.29 is 19.4 Å². The Morgan fingerprint density at radius 3 is 2.74 bits per heavy atom. The molecular formula is C21H15N5O4S. The number of amides is 2. The molecule has 1 atom stereocenters. The fourth-order valence-corrected chi connectivity index (χ4v) is 4.96. The fourth-order valence-electron chi connectivity index (χ4n) is 3.57. The molecule has 5 heterocycles. The van der Waals surface area contributed by atoms with Crippen LogP contribution < -0.4 is 20.1 Å². The van der Waals surface area contributed by atoms with Crippen LogP contribution in [0.15, 0.2) is 48.1 Å². The zero-order valence-electron chi connectivity index (χ0n) is 16.4. The quantitative estimate of drug-likeness (QED) is 0.482. The van der Waals surface area contributed by atoms with Crippen molar-refractivity contribution in [2.24, 2.45) is 0 Å². The Morgan fingerprint density at radius 1 is 1.16 bits per heavy atom. The molecule has 0 fully saturated rings. The van der Waals surface area contributed by atoms with E-state index >= 15 is 0 Å². The molecule has 1 aliphatic rings. The van der Waals surface area contributed by atoms with E-state index < -0.39 is 21.8 Å². The summed E-state index contributed by atoms with van der Waals surface area (Å²) < 4.78 is 6.01. The summed E-state index contributed by atoms with van der Waals surface area (Å²) in [7, 11) is -1.35. The summed E-state index contributed by atoms with van der Waals surface area (Å²) in [6, 6.07) is 8.25. The van der Waals surface area contributed by atoms with Crippen LogP contribution >= 0.6 is 10.5 Å². The second-order valence-electron chi connectivity index (χ2n) is 6.86. The number of ether oxygens (including phenoxy) is 1. The molecule has 2 amide bonds. The average Bonchev–Trinajstić information content (AvgIpc) is 3.10. The summed E-state index contributed by atoms with van der Waals surface area (Å²) in [5.41, 5.74) is 2.67. The molecule has 4 aromatic rings. The lowest BCUT2D eigenvalue weighted by Gasteiger charge is -2.29. The van der Waals surface area contributed by atoms with Gasteiger partial charge in [0.15, 0.2) is 11.1 Å². The highest BCUT2D eigenvalue weighted by atomic mass is 32.2. The Kier molecular flexibility index (Phi) is 4.29. The Morgan fingerprint density at radius 2 is 1.97 bits per heavy atom. The number of anilines is 3. The lowest BCUT2D eigenvalue weighted by molar-refractivity contribution is -0.233. The molecule has 9 nitrogen and oxygen atoms in total. The van der Waals surface area contributed by atoms with E-state index in [1.807, 2.05) is 19.1 Å². The number of pyridine rings is 3. The molecule has 1 aliphatic heterocycles. The third kappa shape index (κ3) is 3.04. The summed E-state index contributed by atoms with van der Waals surface area (Å²) in [4.78, 5) is 39.4. The molecule has 0 aliphatic carbocycles. The number of hydrogen-bond acceptors (Lipinski definition) is 7. The summed E-state index contributed by atoms with van der Waals surface area (Å²) >= 11 is 0. The van der Waals surface area contributed by atoms with Crippen molar-refractivity contribution in [3.8, 4) is 11.6 Å². The van der Waals surface area contributed by atoms with Gasteiger partial charge >= 0.3 is 11.3 Å². The van der Waals surface area contributed by atoms with E-state index in [0.29, 0.717) is 44.6 Å². The van der Waals surface area contributed by atoms with Gasteiger partial charge in [0.25, 0.3) is 4.83 Å². The molecule has 0 bridgehead atoms. The van der Waals surface area contributed by atoms with Gasteiger partial charge in [-0.05, 0) is 26.0 Å². The number of carboxylic acid groups (broad SMARTS) is 1. The van der Waals surface area contributed by atoms with Crippen LogP contribution in [-0.4, -0.2) is 26.3 Å². The summed E-state index contributed by atoms with van der Waals surface area (Å²) in [5, 5.41) is 15.1. The first kappa shape index (κ1) is 18.9. The van der Waals surface area contributed by atoms with Gasteiger partial charge in [0, 0.05) is 30.2 Å². The molecule has 0 saturated heterocycles. The van der Waals surface area contributed by atoms with Crippen LogP contribution in [0.4, 0.5) is 26.7 Å². The van der Waals surface area contributed by atoms with Crippen molar-refractivity contribution in [3.63, 3.8) is 0 Å². The van der Waals surface area contributed by atoms with Crippen molar-refractivity contribution in [3.05, 3.63) is 59.5 Å². The van der Waals surface area contributed by atoms with E-state index in [1.54, 1.807) is 31.3 Å². The first-order valence-electron chi connectivity index (χ1n) is 9.27. The minimum atomic E-state index is -1.35. The number of aryl methyl sites for hydroxylation is 2. The molecule has 10 heteroatoms. The molecule has 0 aromatic carbocycles. The molecule has 4 aromatic heterocycles. The summed E-state index contributed by atoms with van der Waals surface area (Å²) in [6.07, 6.45) is 3.06. The molecular weight excluding hydrogens is 418 g/mol. The lowest BCUT2D eigenvalue weighted by atomic mass is 10.1. The maximum absolute atomic E-state index is 13.1. The van der Waals surface area contributed by atoms with Crippen molar-refractivity contribution in [2.75, 3.05) is 10.2 Å². The molecule has 0 spiro atoms. The Bertz CT molecular complexity index is 1380. The van der Waals surface area contributed by atoms with Crippen LogP contribution in [0.25, 0.3) is 10.2 Å². The third-order valence-electron chi connectivity index (χ3n) is 4.84. The van der Waals surface area contributed by atoms with Crippen molar-refractivity contribution in [1.29, 1.82) is 0 Å². The molecule has 0 saturated carbocycles. The Hall–Kier alpha value is -4.05. The maximum Gasteiger partial charge on any atom is 0.331 e. The van der Waals surface area contributed by atoms with Crippen molar-refractivity contribution in [1.82, 2.24) is 15.0 Å². The van der Waals surface area contributed by atoms with Crippen LogP contribution in [0, 0.1) is 13.8 Å². The molecule has 5 rings (SSSR count). The maximum atomic E-state index is 13.1. The predicted octanol–water partition coefficient (Wildman–Crippen LogP) is 4.06. The fraction of sp³-hybridized carbons (Fsp3) is 0.0952. The van der Waals surface area contributed by atoms with Crippen LogP contribution in [0.3, 0.4) is 0 Å². The van der Waals surface area contributed by atoms with Gasteiger partial charge < -0.3 is 20.0 Å². The Labute approximate surface area is 178 Å². The number of nitrogens with zero attached hydrogens (tertiary/aromatic N) is 4. The molecule has 1 N–H and O–H groups in total. The van der Waals surface area contributed by atoms with E-state index in [9.17, 15) is 14.7 Å². The van der Waals surface area contributed by atoms with Crippen molar-refractivity contribution in [2.45, 2.75) is 13.8 Å². The monoisotopic (exact) mass is 433 g/mol.